The van der Waals surface area contributed by atoms with Crippen LogP contribution in [0.3, 0.4) is 0 Å². The minimum atomic E-state index is -2.12. The Balaban J connectivity index is 4.38. The van der Waals surface area contributed by atoms with Crippen molar-refractivity contribution in [1.29, 1.82) is 0 Å². The fourth-order valence-electron chi connectivity index (χ4n) is 0.679. The number of nitrogens with two attached hydrogens (primary N) is 1. The van der Waals surface area contributed by atoms with Crippen LogP contribution in [0.4, 0.5) is 0 Å². The molecule has 0 fully saturated rings. The molecule has 0 rings (SSSR count). The number of carbonyl (C=O) groups is 2. The van der Waals surface area contributed by atoms with Crippen LogP contribution in [0.5, 0.6) is 0 Å². The highest BCUT2D eigenvalue weighted by atomic mass is 16.4. The van der Waals surface area contributed by atoms with E-state index in [1.165, 1.54) is 5.43 Å². The van der Waals surface area contributed by atoms with Crippen LogP contribution in [-0.4, -0.2) is 57.0 Å². The summed E-state index contributed by atoms with van der Waals surface area (Å²) in [5.74, 6) is 1.89. The van der Waals surface area contributed by atoms with Gasteiger partial charge < -0.3 is 20.4 Å². The van der Waals surface area contributed by atoms with Crippen LogP contribution in [0, 0.1) is 0 Å². The van der Waals surface area contributed by atoms with Gasteiger partial charge in [-0.15, -0.1) is 0 Å². The Morgan fingerprint density at radius 2 is 1.79 bits per heavy atom. The van der Waals surface area contributed by atoms with E-state index in [1.807, 2.05) is 0 Å². The van der Waals surface area contributed by atoms with Gasteiger partial charge in [0.15, 0.2) is 6.10 Å². The Morgan fingerprint density at radius 3 is 2.14 bits per heavy atom. The molecule has 0 spiro atoms. The lowest BCUT2D eigenvalue weighted by atomic mass is 10.0. The number of rotatable bonds is 5. The summed E-state index contributed by atoms with van der Waals surface area (Å²) in [6.07, 6.45) is -5.77. The van der Waals surface area contributed by atoms with Crippen molar-refractivity contribution in [2.45, 2.75) is 18.3 Å². The van der Waals surface area contributed by atoms with Gasteiger partial charge in [0, 0.05) is 0 Å². The number of carbonyl (C=O) groups excluding carboxylic acids is 2. The van der Waals surface area contributed by atoms with Gasteiger partial charge >= 0.3 is 5.91 Å². The van der Waals surface area contributed by atoms with E-state index in [4.69, 9.17) is 20.4 Å². The van der Waals surface area contributed by atoms with Crippen molar-refractivity contribution < 1.29 is 30.0 Å². The maximum atomic E-state index is 10.8. The van der Waals surface area contributed by atoms with Crippen molar-refractivity contribution in [3.8, 4) is 0 Å². The average Bonchev–Trinajstić information content (AvgIpc) is 2.23. The number of hydrazine groups is 1. The van der Waals surface area contributed by atoms with E-state index in [0.29, 0.717) is 0 Å². The Kier molecular flexibility index (Phi) is 5.20. The molecule has 0 aliphatic carbocycles. The number of ketones is 1. The monoisotopic (exact) mass is 208 g/mol. The summed E-state index contributed by atoms with van der Waals surface area (Å²) >= 11 is 0. The average molecular weight is 208 g/mol. The van der Waals surface area contributed by atoms with Crippen LogP contribution in [0.1, 0.15) is 0 Å². The summed E-state index contributed by atoms with van der Waals surface area (Å²) in [6.45, 7) is -0.851. The van der Waals surface area contributed by atoms with Crippen molar-refractivity contribution in [3.05, 3.63) is 0 Å². The van der Waals surface area contributed by atoms with Gasteiger partial charge in [0.2, 0.25) is 0 Å². The second-order valence-electron chi connectivity index (χ2n) is 2.52. The first-order chi connectivity index (χ1) is 6.45. The van der Waals surface area contributed by atoms with E-state index in [1.54, 1.807) is 0 Å². The van der Waals surface area contributed by atoms with Gasteiger partial charge in [0.25, 0.3) is 5.78 Å². The summed E-state index contributed by atoms with van der Waals surface area (Å²) < 4.78 is 0. The lowest BCUT2D eigenvalue weighted by Gasteiger charge is -2.19. The molecule has 8 heteroatoms. The van der Waals surface area contributed by atoms with Crippen molar-refractivity contribution in [1.82, 2.24) is 5.43 Å². The third-order valence-electron chi connectivity index (χ3n) is 1.53. The van der Waals surface area contributed by atoms with Gasteiger partial charge in [0.05, 0.1) is 6.61 Å². The van der Waals surface area contributed by atoms with Gasteiger partial charge in [-0.3, -0.25) is 15.0 Å². The topological polar surface area (TPSA) is 153 Å². The molecule has 7 N–H and O–H groups in total. The SMILES string of the molecule is NNC(=O)C(=O)[C@@H](O)[C@H](O)C(O)CO. The molecule has 0 saturated heterocycles. The molecule has 1 unspecified atom stereocenters. The number of hydrogen-bond acceptors (Lipinski definition) is 7. The molecule has 0 aliphatic heterocycles. The first kappa shape index (κ1) is 12.9. The molecule has 0 bridgehead atoms. The molecular weight excluding hydrogens is 196 g/mol. The zero-order valence-corrected chi connectivity index (χ0v) is 7.12. The Labute approximate surface area is 78.9 Å². The number of aliphatic hydroxyl groups is 4. The van der Waals surface area contributed by atoms with Crippen molar-refractivity contribution in [2.75, 3.05) is 6.61 Å². The van der Waals surface area contributed by atoms with Crippen molar-refractivity contribution in [3.63, 3.8) is 0 Å². The second kappa shape index (κ2) is 5.62. The number of Topliss-reactive ketones (excluding diaryl/α,β-unsaturated/α-hetero) is 1. The fourth-order valence-corrected chi connectivity index (χ4v) is 0.679. The number of hydrogen-bond donors (Lipinski definition) is 6. The summed E-state index contributed by atoms with van der Waals surface area (Å²) in [4.78, 5) is 21.4. The highest BCUT2D eigenvalue weighted by Crippen LogP contribution is 2.01. The van der Waals surface area contributed by atoms with E-state index in [-0.39, 0.29) is 0 Å². The Hall–Kier alpha value is -1.06. The highest BCUT2D eigenvalue weighted by molar-refractivity contribution is 6.37. The zero-order valence-electron chi connectivity index (χ0n) is 7.12. The predicted molar refractivity (Wildman–Crippen MR) is 42.4 cm³/mol. The standard InChI is InChI=1S/C6H12N2O6/c7-8-6(14)5(13)4(12)3(11)2(10)1-9/h2-4,9-12H,1,7H2,(H,8,14)/t2?,3-,4+/m1/s1. The Morgan fingerprint density at radius 1 is 1.29 bits per heavy atom. The summed E-state index contributed by atoms with van der Waals surface area (Å²) in [5.41, 5.74) is 1.45. The highest BCUT2D eigenvalue weighted by Gasteiger charge is 2.33. The molecule has 0 aromatic rings. The third-order valence-corrected chi connectivity index (χ3v) is 1.53. The Bertz CT molecular complexity index is 220. The molecule has 1 amide bonds. The number of nitrogens with one attached hydrogen (secondary N) is 1. The van der Waals surface area contributed by atoms with Crippen LogP contribution in [0.15, 0.2) is 0 Å². The zero-order chi connectivity index (χ0) is 11.3. The first-order valence-corrected chi connectivity index (χ1v) is 3.65. The van der Waals surface area contributed by atoms with Crippen LogP contribution in [-0.2, 0) is 9.59 Å². The molecule has 0 radical (unpaired) electrons. The number of amides is 1. The largest absolute Gasteiger partial charge is 0.394 e. The second-order valence-corrected chi connectivity index (χ2v) is 2.52. The minimum absolute atomic E-state index is 0.851. The molecule has 3 atom stereocenters. The summed E-state index contributed by atoms with van der Waals surface area (Å²) in [6, 6.07) is 0. The van der Waals surface area contributed by atoms with Crippen molar-refractivity contribution in [2.24, 2.45) is 5.84 Å². The van der Waals surface area contributed by atoms with Gasteiger partial charge in [-0.1, -0.05) is 0 Å². The van der Waals surface area contributed by atoms with Gasteiger partial charge in [0.1, 0.15) is 12.2 Å². The normalized spacial score (nSPS) is 16.9. The van der Waals surface area contributed by atoms with E-state index in [0.717, 1.165) is 0 Å². The van der Waals surface area contributed by atoms with E-state index in [2.05, 4.69) is 5.84 Å². The maximum absolute atomic E-state index is 10.8. The first-order valence-electron chi connectivity index (χ1n) is 3.65. The fraction of sp³-hybridized carbons (Fsp3) is 0.667. The van der Waals surface area contributed by atoms with E-state index in [9.17, 15) is 9.59 Å². The summed E-state index contributed by atoms with van der Waals surface area (Å²) in [5, 5.41) is 35.2. The van der Waals surface area contributed by atoms with Gasteiger partial charge in [-0.25, -0.2) is 5.84 Å². The smallest absolute Gasteiger partial charge is 0.304 e. The molecule has 8 nitrogen and oxygen atoms in total. The molecule has 0 heterocycles. The summed E-state index contributed by atoms with van der Waals surface area (Å²) in [7, 11) is 0. The molecular formula is C6H12N2O6. The molecule has 0 aromatic carbocycles. The molecule has 0 aliphatic rings. The van der Waals surface area contributed by atoms with Gasteiger partial charge in [-0.05, 0) is 0 Å². The lowest BCUT2D eigenvalue weighted by molar-refractivity contribution is -0.150. The molecule has 0 saturated carbocycles. The third kappa shape index (κ3) is 3.01. The van der Waals surface area contributed by atoms with Crippen LogP contribution in [0.2, 0.25) is 0 Å². The van der Waals surface area contributed by atoms with Crippen LogP contribution in [0.25, 0.3) is 0 Å². The van der Waals surface area contributed by atoms with E-state index < -0.39 is 36.6 Å². The number of aliphatic hydroxyl groups excluding tert-OH is 4. The van der Waals surface area contributed by atoms with Crippen molar-refractivity contribution >= 4 is 11.7 Å². The predicted octanol–water partition coefficient (Wildman–Crippen LogP) is -4.38. The van der Waals surface area contributed by atoms with Crippen LogP contribution < -0.4 is 11.3 Å². The van der Waals surface area contributed by atoms with Crippen LogP contribution >= 0.6 is 0 Å². The van der Waals surface area contributed by atoms with Gasteiger partial charge in [-0.2, -0.15) is 0 Å². The molecule has 82 valence electrons. The maximum Gasteiger partial charge on any atom is 0.304 e. The molecule has 14 heavy (non-hydrogen) atoms. The minimum Gasteiger partial charge on any atom is -0.394 e. The molecule has 0 aromatic heterocycles. The quantitative estimate of drug-likeness (QED) is 0.115. The van der Waals surface area contributed by atoms with E-state index >= 15 is 0 Å². The lowest BCUT2D eigenvalue weighted by Crippen LogP contribution is -2.50.